The number of carbonyl (C=O) groups excluding carboxylic acids is 2. The molecular weight excluding hydrogens is 338 g/mol. The maximum absolute atomic E-state index is 13.1. The molecule has 126 valence electrons. The molecule has 2 aromatic carbocycles. The van der Waals surface area contributed by atoms with E-state index in [1.807, 2.05) is 0 Å². The van der Waals surface area contributed by atoms with Crippen LogP contribution in [-0.4, -0.2) is 11.9 Å². The Morgan fingerprint density at radius 1 is 1.00 bits per heavy atom. The van der Waals surface area contributed by atoms with Gasteiger partial charge in [-0.15, -0.1) is 0 Å². The largest absolute Gasteiger partial charge is 0.545 e. The predicted molar refractivity (Wildman–Crippen MR) is 78.1 cm³/mol. The van der Waals surface area contributed by atoms with Crippen LogP contribution in [0.25, 0.3) is 11.0 Å². The lowest BCUT2D eigenvalue weighted by atomic mass is 10.2. The van der Waals surface area contributed by atoms with Gasteiger partial charge in [0.05, 0.1) is 17.1 Å². The molecule has 0 saturated carbocycles. The third-order valence-corrected chi connectivity index (χ3v) is 3.29. The van der Waals surface area contributed by atoms with Gasteiger partial charge in [-0.3, -0.25) is 0 Å². The van der Waals surface area contributed by atoms with Crippen LogP contribution in [0.15, 0.2) is 51.7 Å². The first kappa shape index (κ1) is 16.3. The lowest BCUT2D eigenvalue weighted by Crippen LogP contribution is -2.28. The Labute approximate surface area is 137 Å². The Bertz CT molecular complexity index is 1070. The average Bonchev–Trinajstić information content (AvgIpc) is 2.56. The number of ether oxygens (including phenoxy) is 1. The molecule has 0 aliphatic carbocycles. The van der Waals surface area contributed by atoms with Crippen LogP contribution in [0.1, 0.15) is 20.7 Å². The highest BCUT2D eigenvalue weighted by atomic mass is 19.2. The molecule has 6 nitrogen and oxygen atoms in total. The molecule has 0 aliphatic rings. The van der Waals surface area contributed by atoms with Crippen LogP contribution in [0.3, 0.4) is 0 Å². The number of carboxylic acids is 1. The number of hydrogen-bond donors (Lipinski definition) is 0. The second-order valence-electron chi connectivity index (χ2n) is 4.95. The number of carbonyl (C=O) groups is 2. The Balaban J connectivity index is 1.92. The summed E-state index contributed by atoms with van der Waals surface area (Å²) in [5, 5.41) is 11.1. The summed E-state index contributed by atoms with van der Waals surface area (Å²) in [4.78, 5) is 34.2. The Morgan fingerprint density at radius 3 is 2.44 bits per heavy atom. The van der Waals surface area contributed by atoms with Gasteiger partial charge < -0.3 is 19.1 Å². The van der Waals surface area contributed by atoms with E-state index in [1.165, 1.54) is 18.2 Å². The molecule has 3 aromatic rings. The van der Waals surface area contributed by atoms with Gasteiger partial charge in [-0.25, -0.2) is 18.4 Å². The maximum atomic E-state index is 13.1. The van der Waals surface area contributed by atoms with E-state index in [1.54, 1.807) is 0 Å². The first-order valence-corrected chi connectivity index (χ1v) is 6.81. The quantitative estimate of drug-likeness (QED) is 0.407. The van der Waals surface area contributed by atoms with Gasteiger partial charge in [0, 0.05) is 11.5 Å². The summed E-state index contributed by atoms with van der Waals surface area (Å²) in [6.07, 6.45) is 0. The van der Waals surface area contributed by atoms with Crippen LogP contribution < -0.4 is 15.5 Å². The summed E-state index contributed by atoms with van der Waals surface area (Å²) in [5.74, 6) is -4.97. The normalized spacial score (nSPS) is 10.6. The second-order valence-corrected chi connectivity index (χ2v) is 4.95. The van der Waals surface area contributed by atoms with Crippen molar-refractivity contribution in [1.29, 1.82) is 0 Å². The number of benzene rings is 2. The van der Waals surface area contributed by atoms with E-state index < -0.39 is 34.8 Å². The first-order chi connectivity index (χ1) is 11.8. The topological polar surface area (TPSA) is 96.6 Å². The van der Waals surface area contributed by atoms with Gasteiger partial charge in [0.15, 0.2) is 11.6 Å². The summed E-state index contributed by atoms with van der Waals surface area (Å²) in [6.45, 7) is 0. The molecule has 0 bridgehead atoms. The number of aromatic carboxylic acids is 1. The van der Waals surface area contributed by atoms with Crippen LogP contribution in [0, 0.1) is 11.6 Å². The summed E-state index contributed by atoms with van der Waals surface area (Å²) in [6, 6.07) is 7.45. The van der Waals surface area contributed by atoms with Crippen molar-refractivity contribution in [2.45, 2.75) is 0 Å². The predicted octanol–water partition coefficient (Wildman–Crippen LogP) is 1.65. The standard InChI is InChI=1S/C17H8F2O6/c18-12-4-2-9(6-13(12)19)16(22)24-10-3-1-8-5-11(15(20)21)17(23)25-14(8)7-10/h1-7H,(H,20,21)/p-1. The van der Waals surface area contributed by atoms with Crippen LogP contribution in [0.5, 0.6) is 5.75 Å². The minimum Gasteiger partial charge on any atom is -0.545 e. The number of halogens is 2. The lowest BCUT2D eigenvalue weighted by Gasteiger charge is -2.07. The van der Waals surface area contributed by atoms with Crippen molar-refractivity contribution in [2.75, 3.05) is 0 Å². The molecule has 0 unspecified atom stereocenters. The molecule has 1 aromatic heterocycles. The average molecular weight is 345 g/mol. The van der Waals surface area contributed by atoms with E-state index in [0.29, 0.717) is 6.07 Å². The maximum Gasteiger partial charge on any atom is 0.345 e. The van der Waals surface area contributed by atoms with E-state index in [0.717, 1.165) is 18.2 Å². The Kier molecular flexibility index (Phi) is 4.02. The van der Waals surface area contributed by atoms with Crippen molar-refractivity contribution in [3.05, 3.63) is 75.6 Å². The first-order valence-electron chi connectivity index (χ1n) is 6.81. The molecule has 0 atom stereocenters. The number of fused-ring (bicyclic) bond motifs is 1. The minimum absolute atomic E-state index is 0.0226. The molecule has 8 heteroatoms. The molecule has 25 heavy (non-hydrogen) atoms. The molecule has 0 amide bonds. The molecule has 0 spiro atoms. The zero-order chi connectivity index (χ0) is 18.1. The SMILES string of the molecule is O=C(Oc1ccc2cc(C(=O)[O-])c(=O)oc2c1)c1ccc(F)c(F)c1. The fraction of sp³-hybridized carbons (Fsp3) is 0. The highest BCUT2D eigenvalue weighted by molar-refractivity contribution is 5.92. The van der Waals surface area contributed by atoms with E-state index in [2.05, 4.69) is 0 Å². The summed E-state index contributed by atoms with van der Waals surface area (Å²) in [7, 11) is 0. The highest BCUT2D eigenvalue weighted by Gasteiger charge is 2.13. The molecule has 0 saturated heterocycles. The Morgan fingerprint density at radius 2 is 1.76 bits per heavy atom. The number of rotatable bonds is 3. The molecule has 0 N–H and O–H groups in total. The van der Waals surface area contributed by atoms with E-state index in [-0.39, 0.29) is 22.3 Å². The highest BCUT2D eigenvalue weighted by Crippen LogP contribution is 2.21. The van der Waals surface area contributed by atoms with Crippen LogP contribution in [0.4, 0.5) is 8.78 Å². The summed E-state index contributed by atoms with van der Waals surface area (Å²) in [5.41, 5.74) is -1.99. The molecule has 1 heterocycles. The molecule has 0 fully saturated rings. The van der Waals surface area contributed by atoms with Crippen LogP contribution in [-0.2, 0) is 0 Å². The van der Waals surface area contributed by atoms with Gasteiger partial charge in [0.2, 0.25) is 0 Å². The summed E-state index contributed by atoms with van der Waals surface area (Å²) >= 11 is 0. The lowest BCUT2D eigenvalue weighted by molar-refractivity contribution is -0.255. The number of esters is 1. The molecular formula is C17H7F2O6-. The van der Waals surface area contributed by atoms with Gasteiger partial charge in [-0.1, -0.05) is 0 Å². The van der Waals surface area contributed by atoms with Crippen molar-refractivity contribution in [1.82, 2.24) is 0 Å². The van der Waals surface area contributed by atoms with Gasteiger partial charge in [-0.2, -0.15) is 0 Å². The molecule has 0 radical (unpaired) electrons. The van der Waals surface area contributed by atoms with E-state index >= 15 is 0 Å². The van der Waals surface area contributed by atoms with Crippen molar-refractivity contribution in [3.63, 3.8) is 0 Å². The van der Waals surface area contributed by atoms with Crippen molar-refractivity contribution in [2.24, 2.45) is 0 Å². The zero-order valence-corrected chi connectivity index (χ0v) is 12.2. The fourth-order valence-corrected chi connectivity index (χ4v) is 2.09. The van der Waals surface area contributed by atoms with Gasteiger partial charge in [0.1, 0.15) is 11.3 Å². The third-order valence-electron chi connectivity index (χ3n) is 3.29. The number of hydrogen-bond acceptors (Lipinski definition) is 6. The van der Waals surface area contributed by atoms with Crippen molar-refractivity contribution < 1.29 is 32.6 Å². The minimum atomic E-state index is -1.68. The van der Waals surface area contributed by atoms with Crippen LogP contribution in [0.2, 0.25) is 0 Å². The van der Waals surface area contributed by atoms with Gasteiger partial charge in [0.25, 0.3) is 0 Å². The fourth-order valence-electron chi connectivity index (χ4n) is 2.09. The zero-order valence-electron chi connectivity index (χ0n) is 12.2. The van der Waals surface area contributed by atoms with E-state index in [4.69, 9.17) is 9.15 Å². The van der Waals surface area contributed by atoms with Crippen molar-refractivity contribution in [3.8, 4) is 5.75 Å². The molecule has 0 aliphatic heterocycles. The van der Waals surface area contributed by atoms with Gasteiger partial charge >= 0.3 is 11.6 Å². The summed E-state index contributed by atoms with van der Waals surface area (Å²) < 4.78 is 35.9. The number of carboxylic acid groups (broad SMARTS) is 1. The van der Waals surface area contributed by atoms with Gasteiger partial charge in [-0.05, 0) is 36.4 Å². The smallest absolute Gasteiger partial charge is 0.345 e. The second kappa shape index (κ2) is 6.16. The Hall–Kier alpha value is -3.55. The van der Waals surface area contributed by atoms with Crippen molar-refractivity contribution >= 4 is 22.9 Å². The molecule has 3 rings (SSSR count). The third kappa shape index (κ3) is 3.23. The van der Waals surface area contributed by atoms with E-state index in [9.17, 15) is 28.3 Å². The van der Waals surface area contributed by atoms with Crippen LogP contribution >= 0.6 is 0 Å². The monoisotopic (exact) mass is 345 g/mol.